The van der Waals surface area contributed by atoms with Gasteiger partial charge in [0.05, 0.1) is 31.8 Å². The van der Waals surface area contributed by atoms with Crippen LogP contribution in [0.2, 0.25) is 0 Å². The van der Waals surface area contributed by atoms with E-state index in [1.54, 1.807) is 26.3 Å². The van der Waals surface area contributed by atoms with E-state index < -0.39 is 182 Å². The van der Waals surface area contributed by atoms with Crippen molar-refractivity contribution >= 4 is 99.6 Å². The van der Waals surface area contributed by atoms with E-state index >= 15 is 0 Å². The number of nitrogens with one attached hydrogen (secondary N) is 9. The molecule has 2 aliphatic rings. The van der Waals surface area contributed by atoms with Gasteiger partial charge >= 0.3 is 11.9 Å². The van der Waals surface area contributed by atoms with E-state index in [9.17, 15) is 93.0 Å². The van der Waals surface area contributed by atoms with Crippen LogP contribution in [0, 0.1) is 5.92 Å². The first-order chi connectivity index (χ1) is 44.1. The quantitative estimate of drug-likeness (QED) is 0.0263. The topological polar surface area (TPSA) is 514 Å². The number of phenolic OH excluding ortho intramolecular Hbond substituents is 1. The van der Waals surface area contributed by atoms with E-state index in [4.69, 9.17) is 11.5 Å². The minimum Gasteiger partial charge on any atom is -0.508 e. The number of benzene rings is 2. The Labute approximate surface area is 539 Å². The van der Waals surface area contributed by atoms with Crippen LogP contribution in [-0.4, -0.2) is 233 Å². The Kier molecular flexibility index (Phi) is 28.8. The molecule has 0 aliphatic carbocycles. The van der Waals surface area contributed by atoms with Crippen molar-refractivity contribution in [2.24, 2.45) is 17.4 Å². The fraction of sp³-hybridized carbons (Fsp3) is 0.550. The normalized spacial score (nSPS) is 17.8. The second kappa shape index (κ2) is 35.8. The number of hydrogen-bond acceptors (Lipinski definition) is 19. The highest BCUT2D eigenvalue weighted by Crippen LogP contribution is 2.23. The Hall–Kier alpha value is -8.92. The molecule has 32 nitrogen and oxygen atoms in total. The van der Waals surface area contributed by atoms with Crippen LogP contribution in [0.5, 0.6) is 5.75 Å². The maximum atomic E-state index is 14.4. The molecule has 93 heavy (non-hydrogen) atoms. The molecule has 510 valence electrons. The van der Waals surface area contributed by atoms with Crippen molar-refractivity contribution in [1.82, 2.24) is 57.3 Å². The van der Waals surface area contributed by atoms with Gasteiger partial charge in [-0.15, -0.1) is 0 Å². The smallest absolute Gasteiger partial charge is 0.326 e. The van der Waals surface area contributed by atoms with Crippen molar-refractivity contribution in [3.8, 4) is 5.75 Å². The van der Waals surface area contributed by atoms with Crippen molar-refractivity contribution in [3.05, 3.63) is 65.9 Å². The Balaban J connectivity index is 1.24. The zero-order valence-corrected chi connectivity index (χ0v) is 52.8. The van der Waals surface area contributed by atoms with Gasteiger partial charge in [-0.05, 0) is 106 Å². The first kappa shape index (κ1) is 74.8. The summed E-state index contributed by atoms with van der Waals surface area (Å²) >= 11 is 1.29. The number of aliphatic hydroxyl groups excluding tert-OH is 3. The van der Waals surface area contributed by atoms with Gasteiger partial charge in [0.25, 0.3) is 0 Å². The highest BCUT2D eigenvalue weighted by atomic mass is 32.2. The number of thioether (sulfide) groups is 1. The number of nitrogens with two attached hydrogens (primary N) is 2. The average Bonchev–Trinajstić information content (AvgIpc) is 1.79. The van der Waals surface area contributed by atoms with Crippen molar-refractivity contribution in [1.29, 1.82) is 0 Å². The third kappa shape index (κ3) is 21.9. The number of aromatic amines is 1. The van der Waals surface area contributed by atoms with E-state index in [0.29, 0.717) is 5.56 Å². The number of nitrogens with zero attached hydrogens (tertiary/aromatic N) is 2. The summed E-state index contributed by atoms with van der Waals surface area (Å²) in [7, 11) is 0. The predicted octanol–water partition coefficient (Wildman–Crippen LogP) is -4.16. The average molecular weight is 1320 g/mol. The summed E-state index contributed by atoms with van der Waals surface area (Å²) in [5.41, 5.74) is 13.7. The Morgan fingerprint density at radius 2 is 1.15 bits per heavy atom. The van der Waals surface area contributed by atoms with E-state index in [-0.39, 0.29) is 81.9 Å². The number of carbonyl (C=O) groups excluding carboxylic acids is 11. The summed E-state index contributed by atoms with van der Waals surface area (Å²) in [6, 6.07) is -3.80. The lowest BCUT2D eigenvalue weighted by atomic mass is 10.0. The van der Waals surface area contributed by atoms with Crippen molar-refractivity contribution < 1.29 is 93.0 Å². The number of aliphatic hydroxyl groups is 3. The largest absolute Gasteiger partial charge is 0.508 e. The molecule has 2 saturated heterocycles. The monoisotopic (exact) mass is 1320 g/mol. The number of amides is 11. The van der Waals surface area contributed by atoms with Crippen LogP contribution in [0.1, 0.15) is 89.7 Å². The number of likely N-dealkylation sites (tertiary alicyclic amines) is 2. The number of fused-ring (bicyclic) bond motifs is 1. The third-order valence-corrected chi connectivity index (χ3v) is 16.3. The molecule has 5 rings (SSSR count). The van der Waals surface area contributed by atoms with Gasteiger partial charge < -0.3 is 99.4 Å². The van der Waals surface area contributed by atoms with Gasteiger partial charge in [0.1, 0.15) is 66.2 Å². The molecule has 0 bridgehead atoms. The molecule has 0 spiro atoms. The van der Waals surface area contributed by atoms with Crippen LogP contribution in [0.15, 0.2) is 54.7 Å². The Morgan fingerprint density at radius 1 is 0.624 bits per heavy atom. The molecular formula is C60H85N13O19S. The fourth-order valence-corrected chi connectivity index (χ4v) is 11.2. The van der Waals surface area contributed by atoms with Gasteiger partial charge in [-0.1, -0.05) is 44.2 Å². The third-order valence-electron chi connectivity index (χ3n) is 15.7. The second-order valence-electron chi connectivity index (χ2n) is 23.3. The highest BCUT2D eigenvalue weighted by molar-refractivity contribution is 7.98. The molecule has 1 aromatic heterocycles. The maximum absolute atomic E-state index is 14.4. The lowest BCUT2D eigenvalue weighted by Crippen LogP contribution is -2.62. The molecule has 19 N–H and O–H groups in total. The maximum Gasteiger partial charge on any atom is 0.326 e. The fourth-order valence-electron chi connectivity index (χ4n) is 10.8. The molecule has 2 aliphatic heterocycles. The van der Waals surface area contributed by atoms with Crippen LogP contribution < -0.4 is 54.0 Å². The minimum atomic E-state index is -1.81. The molecule has 11 amide bonds. The van der Waals surface area contributed by atoms with Crippen molar-refractivity contribution in [2.45, 2.75) is 164 Å². The summed E-state index contributed by atoms with van der Waals surface area (Å²) in [4.78, 5) is 180. The van der Waals surface area contributed by atoms with Crippen LogP contribution in [0.3, 0.4) is 0 Å². The zero-order valence-electron chi connectivity index (χ0n) is 52.0. The number of hydrogen-bond donors (Lipinski definition) is 17. The highest BCUT2D eigenvalue weighted by Gasteiger charge is 2.43. The molecule has 0 unspecified atom stereocenters. The first-order valence-corrected chi connectivity index (χ1v) is 31.7. The zero-order chi connectivity index (χ0) is 68.8. The number of para-hydroxylation sites is 1. The SMILES string of the molecule is CSCC[C@H](NC(=O)[C@H](CO)NC(=O)[C@@H]1CCCN1C(=O)[C@H](CO)NC(=O)[C@@H](NC(=O)[C@H](Cc1ccc(O)cc1)NC(=O)[C@@H](N)Cc1c[nH]c2ccccc12)[C@@H](C)O)C(=O)N1CCC[C@H]1C(=O)N[C@@H](CCC(=O)O)C(=O)N[C@@H](CC(N)=O)C(=O)N[C@@H](CC(C)C)C(=O)O. The first-order valence-electron chi connectivity index (χ1n) is 30.3. The van der Waals surface area contributed by atoms with Crippen molar-refractivity contribution in [3.63, 3.8) is 0 Å². The molecule has 12 atom stereocenters. The van der Waals surface area contributed by atoms with Gasteiger partial charge in [0.15, 0.2) is 0 Å². The van der Waals surface area contributed by atoms with Crippen LogP contribution >= 0.6 is 11.8 Å². The summed E-state index contributed by atoms with van der Waals surface area (Å²) in [6.45, 7) is 2.33. The van der Waals surface area contributed by atoms with Crippen molar-refractivity contribution in [2.75, 3.05) is 38.3 Å². The number of carboxylic acid groups (broad SMARTS) is 2. The van der Waals surface area contributed by atoms with Gasteiger partial charge in [-0.3, -0.25) is 57.5 Å². The van der Waals surface area contributed by atoms with E-state index in [0.717, 1.165) is 33.2 Å². The number of aromatic nitrogens is 1. The molecule has 2 aromatic carbocycles. The number of H-pyrrole nitrogens is 1. The van der Waals surface area contributed by atoms with E-state index in [2.05, 4.69) is 47.5 Å². The molecule has 33 heteroatoms. The molecule has 2 fully saturated rings. The lowest BCUT2D eigenvalue weighted by Gasteiger charge is -2.31. The minimum absolute atomic E-state index is 0.00359. The van der Waals surface area contributed by atoms with Gasteiger partial charge in [0.2, 0.25) is 65.0 Å². The molecular weight excluding hydrogens is 1240 g/mol. The Morgan fingerprint density at radius 3 is 1.71 bits per heavy atom. The molecule has 3 heterocycles. The van der Waals surface area contributed by atoms with E-state index in [1.165, 1.54) is 36.0 Å². The predicted molar refractivity (Wildman–Crippen MR) is 333 cm³/mol. The number of primary amides is 1. The number of phenols is 1. The summed E-state index contributed by atoms with van der Waals surface area (Å²) in [5, 5.41) is 80.9. The van der Waals surface area contributed by atoms with Crippen LogP contribution in [0.4, 0.5) is 0 Å². The molecule has 3 aromatic rings. The number of carbonyl (C=O) groups is 13. The lowest BCUT2D eigenvalue weighted by molar-refractivity contribution is -0.144. The van der Waals surface area contributed by atoms with Crippen LogP contribution in [0.25, 0.3) is 10.9 Å². The van der Waals surface area contributed by atoms with E-state index in [1.807, 2.05) is 24.3 Å². The standard InChI is InChI=1S/C60H85N13O19S/c1-30(2)23-42(60(91)92)68-52(83)41(26-47(62)78)67-51(82)38(17-18-48(79)80)64-55(86)45-11-7-20-72(45)58(89)39(19-22-93-4)65-54(85)43(28-74)69-56(87)46-12-8-21-73(46)59(90)44(29-75)70-57(88)49(31(3)76)71-53(84)40(24-32-13-15-34(77)16-14-32)66-50(81)36(61)25-33-27-63-37-10-6-5-9-35(33)37/h5-6,9-10,13-16,27,30-31,36,38-46,49,63,74-77H,7-8,11-12,17-26,28-29,61H2,1-4H3,(H2,62,78)(H,64,86)(H,65,85)(H,66,81)(H,67,82)(H,68,83)(H,69,87)(H,70,88)(H,71,84)(H,79,80)(H,91,92)/t31-,36+,38+,39+,40+,41+,42+,43+,44+,45+,46+,49+/m1/s1. The van der Waals surface area contributed by atoms with Gasteiger partial charge in [-0.2, -0.15) is 11.8 Å². The summed E-state index contributed by atoms with van der Waals surface area (Å²) in [6.07, 6.45) is -0.0141. The number of rotatable bonds is 36. The molecule has 0 radical (unpaired) electrons. The second-order valence-corrected chi connectivity index (χ2v) is 24.3. The summed E-state index contributed by atoms with van der Waals surface area (Å²) < 4.78 is 0. The Bertz CT molecular complexity index is 3170. The van der Waals surface area contributed by atoms with Gasteiger partial charge in [-0.25, -0.2) is 4.79 Å². The summed E-state index contributed by atoms with van der Waals surface area (Å²) in [5.74, 6) is -13.7. The van der Waals surface area contributed by atoms with Crippen LogP contribution in [-0.2, 0) is 75.2 Å². The number of carboxylic acids is 2. The number of aromatic hydroxyl groups is 1. The number of aliphatic carboxylic acids is 2. The molecule has 0 saturated carbocycles. The van der Waals surface area contributed by atoms with Gasteiger partial charge in [0, 0.05) is 43.0 Å².